The lowest BCUT2D eigenvalue weighted by Crippen LogP contribution is -2.41. The van der Waals surface area contributed by atoms with Crippen molar-refractivity contribution in [2.45, 2.75) is 12.5 Å². The highest BCUT2D eigenvalue weighted by Gasteiger charge is 2.41. The van der Waals surface area contributed by atoms with Gasteiger partial charge in [-0.1, -0.05) is 54.2 Å². The van der Waals surface area contributed by atoms with E-state index in [1.165, 1.54) is 11.8 Å². The number of amides is 2. The Labute approximate surface area is 213 Å². The molecule has 0 spiro atoms. The molecule has 3 aromatic rings. The molecule has 36 heavy (non-hydrogen) atoms. The number of amidine groups is 2. The topological polar surface area (TPSA) is 92.6 Å². The van der Waals surface area contributed by atoms with E-state index in [2.05, 4.69) is 5.32 Å². The van der Waals surface area contributed by atoms with Gasteiger partial charge in [-0.05, 0) is 17.7 Å². The number of carbonyl (C=O) groups excluding carboxylic acids is 2. The summed E-state index contributed by atoms with van der Waals surface area (Å²) in [6, 6.07) is 22.0. The van der Waals surface area contributed by atoms with Crippen LogP contribution in [-0.4, -0.2) is 53.7 Å². The van der Waals surface area contributed by atoms with Crippen molar-refractivity contribution >= 4 is 46.0 Å². The van der Waals surface area contributed by atoms with E-state index < -0.39 is 6.04 Å². The lowest BCUT2D eigenvalue weighted by molar-refractivity contribution is -0.124. The average molecular weight is 501 g/mol. The number of benzene rings is 3. The van der Waals surface area contributed by atoms with Crippen molar-refractivity contribution < 1.29 is 19.1 Å². The minimum absolute atomic E-state index is 0.0565. The lowest BCUT2D eigenvalue weighted by Gasteiger charge is -2.25. The van der Waals surface area contributed by atoms with Crippen molar-refractivity contribution in [1.82, 2.24) is 4.90 Å². The summed E-state index contributed by atoms with van der Waals surface area (Å²) in [7, 11) is 3.10. The second-order valence-corrected chi connectivity index (χ2v) is 9.12. The SMILES string of the molecule is COc1cc(NC(=O)CSC2=Nc3ccccc3C3=N[C@H](Cc4ccccc4)C(=O)N23)cc(OC)c1. The molecule has 5 rings (SSSR count). The maximum Gasteiger partial charge on any atom is 0.259 e. The number of hydrogen-bond donors (Lipinski definition) is 1. The molecule has 0 bridgehead atoms. The van der Waals surface area contributed by atoms with Crippen LogP contribution in [0.5, 0.6) is 11.5 Å². The number of fused-ring (bicyclic) bond motifs is 3. The van der Waals surface area contributed by atoms with Crippen LogP contribution in [0.4, 0.5) is 11.4 Å². The number of anilines is 1. The normalized spacial score (nSPS) is 16.0. The van der Waals surface area contributed by atoms with E-state index in [0.717, 1.165) is 16.8 Å². The van der Waals surface area contributed by atoms with E-state index >= 15 is 0 Å². The highest BCUT2D eigenvalue weighted by atomic mass is 32.2. The molecule has 3 aromatic carbocycles. The van der Waals surface area contributed by atoms with E-state index in [1.807, 2.05) is 54.6 Å². The van der Waals surface area contributed by atoms with Gasteiger partial charge in [-0.2, -0.15) is 0 Å². The molecule has 2 heterocycles. The van der Waals surface area contributed by atoms with Crippen LogP contribution in [0.2, 0.25) is 0 Å². The molecule has 2 amide bonds. The van der Waals surface area contributed by atoms with Gasteiger partial charge in [0.25, 0.3) is 5.91 Å². The van der Waals surface area contributed by atoms with Crippen molar-refractivity contribution in [3.05, 3.63) is 83.9 Å². The van der Waals surface area contributed by atoms with Gasteiger partial charge in [0.2, 0.25) is 5.91 Å². The lowest BCUT2D eigenvalue weighted by atomic mass is 10.1. The van der Waals surface area contributed by atoms with Gasteiger partial charge in [0.15, 0.2) is 5.17 Å². The van der Waals surface area contributed by atoms with Crippen LogP contribution < -0.4 is 14.8 Å². The highest BCUT2D eigenvalue weighted by molar-refractivity contribution is 8.14. The Morgan fingerprint density at radius 2 is 1.69 bits per heavy atom. The van der Waals surface area contributed by atoms with Crippen LogP contribution in [0.3, 0.4) is 0 Å². The molecule has 182 valence electrons. The summed E-state index contributed by atoms with van der Waals surface area (Å²) in [6.45, 7) is 0. The number of carbonyl (C=O) groups is 2. The Morgan fingerprint density at radius 3 is 2.42 bits per heavy atom. The molecule has 0 saturated carbocycles. The van der Waals surface area contributed by atoms with Gasteiger partial charge in [-0.3, -0.25) is 14.6 Å². The average Bonchev–Trinajstić information content (AvgIpc) is 3.23. The van der Waals surface area contributed by atoms with E-state index in [0.29, 0.717) is 34.6 Å². The number of hydrogen-bond acceptors (Lipinski definition) is 7. The van der Waals surface area contributed by atoms with Gasteiger partial charge in [0.1, 0.15) is 23.4 Å². The monoisotopic (exact) mass is 500 g/mol. The first-order valence-corrected chi connectivity index (χ1v) is 12.3. The van der Waals surface area contributed by atoms with Crippen molar-refractivity contribution in [1.29, 1.82) is 0 Å². The number of thioether (sulfide) groups is 1. The fourth-order valence-electron chi connectivity index (χ4n) is 4.08. The van der Waals surface area contributed by atoms with Crippen molar-refractivity contribution in [3.63, 3.8) is 0 Å². The molecule has 0 fully saturated rings. The molecule has 0 unspecified atom stereocenters. The number of methoxy groups -OCH3 is 2. The molecule has 1 atom stereocenters. The standard InChI is InChI=1S/C27H24N4O4S/c1-34-19-13-18(14-20(15-19)35-2)28-24(32)16-36-27-30-22-11-7-6-10-21(22)25-29-23(26(33)31(25)27)12-17-8-4-3-5-9-17/h3-11,13-15,23H,12,16H2,1-2H3,(H,28,32)/t23-/m1/s1. The van der Waals surface area contributed by atoms with Crippen LogP contribution in [0.15, 0.2) is 82.8 Å². The quantitative estimate of drug-likeness (QED) is 0.523. The second kappa shape index (κ2) is 10.2. The number of rotatable bonds is 7. The predicted molar refractivity (Wildman–Crippen MR) is 141 cm³/mol. The molecule has 9 heteroatoms. The molecular formula is C27H24N4O4S. The molecule has 1 N–H and O–H groups in total. The number of aliphatic imine (C=N–C) groups is 2. The third-order valence-corrected chi connectivity index (χ3v) is 6.73. The Bertz CT molecular complexity index is 1350. The first-order chi connectivity index (χ1) is 17.6. The van der Waals surface area contributed by atoms with Gasteiger partial charge in [-0.15, -0.1) is 0 Å². The molecule has 0 radical (unpaired) electrons. The molecule has 2 aliphatic rings. The Morgan fingerprint density at radius 1 is 1.00 bits per heavy atom. The molecule has 0 saturated heterocycles. The Kier molecular flexibility index (Phi) is 6.73. The van der Waals surface area contributed by atoms with Crippen molar-refractivity contribution in [3.8, 4) is 11.5 Å². The third kappa shape index (κ3) is 4.83. The maximum absolute atomic E-state index is 13.4. The number of ether oxygens (including phenoxy) is 2. The van der Waals surface area contributed by atoms with Crippen LogP contribution >= 0.6 is 11.8 Å². The van der Waals surface area contributed by atoms with Gasteiger partial charge in [0, 0.05) is 35.9 Å². The number of nitrogens with zero attached hydrogens (tertiary/aromatic N) is 3. The van der Waals surface area contributed by atoms with E-state index in [4.69, 9.17) is 19.5 Å². The zero-order valence-corrected chi connectivity index (χ0v) is 20.6. The molecular weight excluding hydrogens is 476 g/mol. The molecule has 0 aliphatic carbocycles. The van der Waals surface area contributed by atoms with Crippen LogP contribution in [-0.2, 0) is 16.0 Å². The third-order valence-electron chi connectivity index (χ3n) is 5.79. The number of nitrogens with one attached hydrogen (secondary N) is 1. The van der Waals surface area contributed by atoms with Crippen molar-refractivity contribution in [2.75, 3.05) is 25.3 Å². The summed E-state index contributed by atoms with van der Waals surface area (Å²) in [5.41, 5.74) is 3.11. The maximum atomic E-state index is 13.4. The summed E-state index contributed by atoms with van der Waals surface area (Å²) >= 11 is 1.20. The zero-order valence-electron chi connectivity index (χ0n) is 19.8. The van der Waals surface area contributed by atoms with E-state index in [-0.39, 0.29) is 17.6 Å². The summed E-state index contributed by atoms with van der Waals surface area (Å²) in [5.74, 6) is 1.38. The smallest absolute Gasteiger partial charge is 0.259 e. The minimum Gasteiger partial charge on any atom is -0.497 e. The molecule has 0 aromatic heterocycles. The summed E-state index contributed by atoms with van der Waals surface area (Å²) in [6.07, 6.45) is 0.498. The van der Waals surface area contributed by atoms with Gasteiger partial charge >= 0.3 is 0 Å². The fourth-order valence-corrected chi connectivity index (χ4v) is 4.88. The van der Waals surface area contributed by atoms with Gasteiger partial charge in [-0.25, -0.2) is 9.89 Å². The second-order valence-electron chi connectivity index (χ2n) is 8.18. The molecule has 2 aliphatic heterocycles. The van der Waals surface area contributed by atoms with Crippen LogP contribution in [0.25, 0.3) is 0 Å². The summed E-state index contributed by atoms with van der Waals surface area (Å²) < 4.78 is 10.5. The molecule has 8 nitrogen and oxygen atoms in total. The van der Waals surface area contributed by atoms with E-state index in [9.17, 15) is 9.59 Å². The first kappa shape index (κ1) is 23.6. The first-order valence-electron chi connectivity index (χ1n) is 11.3. The number of para-hydroxylation sites is 1. The van der Waals surface area contributed by atoms with Crippen molar-refractivity contribution in [2.24, 2.45) is 9.98 Å². The largest absolute Gasteiger partial charge is 0.497 e. The minimum atomic E-state index is -0.544. The summed E-state index contributed by atoms with van der Waals surface area (Å²) in [5, 5.41) is 3.29. The van der Waals surface area contributed by atoms with Crippen LogP contribution in [0.1, 0.15) is 11.1 Å². The van der Waals surface area contributed by atoms with Gasteiger partial charge in [0.05, 0.1) is 25.7 Å². The van der Waals surface area contributed by atoms with E-state index in [1.54, 1.807) is 37.3 Å². The zero-order chi connectivity index (χ0) is 25.1. The van der Waals surface area contributed by atoms with Gasteiger partial charge < -0.3 is 14.8 Å². The predicted octanol–water partition coefficient (Wildman–Crippen LogP) is 4.28. The summed E-state index contributed by atoms with van der Waals surface area (Å²) in [4.78, 5) is 37.2. The Hall–Kier alpha value is -4.11. The fraction of sp³-hybridized carbons (Fsp3) is 0.185. The van der Waals surface area contributed by atoms with Crippen LogP contribution in [0, 0.1) is 0 Å². The highest BCUT2D eigenvalue weighted by Crippen LogP contribution is 2.34. The Balaban J connectivity index is 1.35.